The molecule has 1 saturated heterocycles. The summed E-state index contributed by atoms with van der Waals surface area (Å²) in [5.74, 6) is 0.326. The second-order valence-corrected chi connectivity index (χ2v) is 4.64. The van der Waals surface area contributed by atoms with Crippen LogP contribution in [0.4, 0.5) is 0 Å². The predicted octanol–water partition coefficient (Wildman–Crippen LogP) is 1.90. The van der Waals surface area contributed by atoms with Gasteiger partial charge in [-0.3, -0.25) is 9.59 Å². The zero-order valence-electron chi connectivity index (χ0n) is 8.49. The van der Waals surface area contributed by atoms with Crippen LogP contribution >= 0.6 is 0 Å². The minimum absolute atomic E-state index is 0.134. The van der Waals surface area contributed by atoms with Crippen molar-refractivity contribution in [2.45, 2.75) is 39.0 Å². The van der Waals surface area contributed by atoms with Crippen LogP contribution in [0.3, 0.4) is 0 Å². The Morgan fingerprint density at radius 1 is 1.29 bits per heavy atom. The lowest BCUT2D eigenvalue weighted by molar-refractivity contribution is -0.153. The van der Waals surface area contributed by atoms with Gasteiger partial charge in [-0.1, -0.05) is 19.8 Å². The molecule has 78 valence electrons. The molecule has 2 rings (SSSR count). The number of hydrogen-bond acceptors (Lipinski definition) is 3. The second-order valence-electron chi connectivity index (χ2n) is 4.64. The van der Waals surface area contributed by atoms with E-state index in [1.807, 2.05) is 0 Å². The molecule has 1 heterocycles. The highest BCUT2D eigenvalue weighted by molar-refractivity contribution is 5.94. The molecule has 1 aliphatic heterocycles. The Bertz CT molecular complexity index is 259. The van der Waals surface area contributed by atoms with E-state index in [0.717, 1.165) is 12.8 Å². The number of hydrogen-bond donors (Lipinski definition) is 0. The lowest BCUT2D eigenvalue weighted by Crippen LogP contribution is -2.24. The van der Waals surface area contributed by atoms with Crippen molar-refractivity contribution in [3.8, 4) is 0 Å². The molecule has 0 amide bonds. The minimum Gasteiger partial charge on any atom is -0.393 e. The maximum atomic E-state index is 11.3. The molecule has 1 unspecified atom stereocenters. The lowest BCUT2D eigenvalue weighted by atomic mass is 9.75. The molecule has 0 spiro atoms. The third-order valence-corrected chi connectivity index (χ3v) is 3.45. The molecule has 1 aliphatic carbocycles. The van der Waals surface area contributed by atoms with Crippen molar-refractivity contribution in [3.63, 3.8) is 0 Å². The van der Waals surface area contributed by atoms with Gasteiger partial charge >= 0.3 is 11.9 Å². The zero-order chi connectivity index (χ0) is 10.1. The largest absolute Gasteiger partial charge is 0.393 e. The van der Waals surface area contributed by atoms with Crippen LogP contribution in [0, 0.1) is 17.8 Å². The van der Waals surface area contributed by atoms with Crippen molar-refractivity contribution in [2.24, 2.45) is 17.8 Å². The van der Waals surface area contributed by atoms with Gasteiger partial charge in [0.05, 0.1) is 12.3 Å². The molecule has 0 aromatic heterocycles. The number of carbonyl (C=O) groups excluding carboxylic acids is 2. The first-order valence-corrected chi connectivity index (χ1v) is 5.41. The highest BCUT2D eigenvalue weighted by atomic mass is 16.6. The van der Waals surface area contributed by atoms with E-state index in [1.165, 1.54) is 12.8 Å². The van der Waals surface area contributed by atoms with Crippen molar-refractivity contribution >= 4 is 11.9 Å². The third-order valence-electron chi connectivity index (χ3n) is 3.45. The molecule has 3 atom stereocenters. The number of cyclic esters (lactones) is 2. The fourth-order valence-corrected chi connectivity index (χ4v) is 2.70. The molecule has 0 aromatic rings. The molecule has 2 fully saturated rings. The van der Waals surface area contributed by atoms with Gasteiger partial charge in [0, 0.05) is 0 Å². The third kappa shape index (κ3) is 1.81. The molecule has 3 nitrogen and oxygen atoms in total. The summed E-state index contributed by atoms with van der Waals surface area (Å²) in [5, 5.41) is 0. The van der Waals surface area contributed by atoms with E-state index in [2.05, 4.69) is 11.7 Å². The van der Waals surface area contributed by atoms with E-state index < -0.39 is 0 Å². The number of carbonyl (C=O) groups is 2. The zero-order valence-corrected chi connectivity index (χ0v) is 8.49. The fourth-order valence-electron chi connectivity index (χ4n) is 2.70. The van der Waals surface area contributed by atoms with Gasteiger partial charge < -0.3 is 4.74 Å². The van der Waals surface area contributed by atoms with Crippen molar-refractivity contribution in [1.29, 1.82) is 0 Å². The summed E-state index contributed by atoms with van der Waals surface area (Å²) in [7, 11) is 0. The van der Waals surface area contributed by atoms with Crippen LogP contribution in [-0.4, -0.2) is 11.9 Å². The maximum Gasteiger partial charge on any atom is 0.317 e. The van der Waals surface area contributed by atoms with Gasteiger partial charge in [-0.05, 0) is 24.7 Å². The molecular weight excluding hydrogens is 180 g/mol. The Balaban J connectivity index is 2.00. The Labute approximate surface area is 83.8 Å². The van der Waals surface area contributed by atoms with Crippen LogP contribution in [0.15, 0.2) is 0 Å². The Morgan fingerprint density at radius 3 is 2.64 bits per heavy atom. The first kappa shape index (κ1) is 9.69. The monoisotopic (exact) mass is 196 g/mol. The topological polar surface area (TPSA) is 43.4 Å². The molecular formula is C11H16O3. The van der Waals surface area contributed by atoms with E-state index in [0.29, 0.717) is 18.3 Å². The number of rotatable bonds is 1. The SMILES string of the molecule is CC1CCC[C@H]([C@@H]2CC(=O)OC2=O)C1. The van der Waals surface area contributed by atoms with Crippen LogP contribution < -0.4 is 0 Å². The Hall–Kier alpha value is -0.860. The van der Waals surface area contributed by atoms with Gasteiger partial charge in [0.15, 0.2) is 0 Å². The first-order valence-electron chi connectivity index (χ1n) is 5.41. The first-order chi connectivity index (χ1) is 6.66. The van der Waals surface area contributed by atoms with Gasteiger partial charge in [0.1, 0.15) is 0 Å². The smallest absolute Gasteiger partial charge is 0.317 e. The van der Waals surface area contributed by atoms with Crippen molar-refractivity contribution < 1.29 is 14.3 Å². The van der Waals surface area contributed by atoms with Crippen molar-refractivity contribution in [2.75, 3.05) is 0 Å². The Kier molecular flexibility index (Phi) is 2.57. The highest BCUT2D eigenvalue weighted by Crippen LogP contribution is 2.37. The van der Waals surface area contributed by atoms with Crippen LogP contribution in [0.2, 0.25) is 0 Å². The van der Waals surface area contributed by atoms with E-state index in [1.54, 1.807) is 0 Å². The Morgan fingerprint density at radius 2 is 2.07 bits per heavy atom. The summed E-state index contributed by atoms with van der Waals surface area (Å²) < 4.78 is 4.58. The quantitative estimate of drug-likeness (QED) is 0.475. The van der Waals surface area contributed by atoms with Crippen LogP contribution in [-0.2, 0) is 14.3 Å². The second kappa shape index (κ2) is 3.71. The van der Waals surface area contributed by atoms with Gasteiger partial charge in [0.2, 0.25) is 0 Å². The number of esters is 2. The molecule has 0 aromatic carbocycles. The number of ether oxygens (including phenoxy) is 1. The lowest BCUT2D eigenvalue weighted by Gasteiger charge is -2.28. The summed E-state index contributed by atoms with van der Waals surface area (Å²) >= 11 is 0. The molecule has 3 heteroatoms. The average molecular weight is 196 g/mol. The van der Waals surface area contributed by atoms with E-state index in [9.17, 15) is 9.59 Å². The maximum absolute atomic E-state index is 11.3. The summed E-state index contributed by atoms with van der Waals surface area (Å²) in [6, 6.07) is 0. The summed E-state index contributed by atoms with van der Waals surface area (Å²) in [6.45, 7) is 2.22. The van der Waals surface area contributed by atoms with Crippen LogP contribution in [0.5, 0.6) is 0 Å². The van der Waals surface area contributed by atoms with Gasteiger partial charge in [0.25, 0.3) is 0 Å². The molecule has 0 N–H and O–H groups in total. The van der Waals surface area contributed by atoms with Crippen molar-refractivity contribution in [1.82, 2.24) is 0 Å². The molecule has 0 radical (unpaired) electrons. The van der Waals surface area contributed by atoms with Gasteiger partial charge in [-0.25, -0.2) is 0 Å². The highest BCUT2D eigenvalue weighted by Gasteiger charge is 2.40. The normalized spacial score (nSPS) is 38.5. The molecule has 14 heavy (non-hydrogen) atoms. The summed E-state index contributed by atoms with van der Waals surface area (Å²) in [5.41, 5.74) is 0. The van der Waals surface area contributed by atoms with Crippen LogP contribution in [0.25, 0.3) is 0 Å². The molecule has 2 aliphatic rings. The summed E-state index contributed by atoms with van der Waals surface area (Å²) in [4.78, 5) is 22.3. The van der Waals surface area contributed by atoms with Crippen molar-refractivity contribution in [3.05, 3.63) is 0 Å². The van der Waals surface area contributed by atoms with Gasteiger partial charge in [-0.15, -0.1) is 0 Å². The minimum atomic E-state index is -0.335. The average Bonchev–Trinajstić information content (AvgIpc) is 2.45. The molecule has 1 saturated carbocycles. The van der Waals surface area contributed by atoms with Crippen LogP contribution in [0.1, 0.15) is 39.0 Å². The van der Waals surface area contributed by atoms with E-state index in [4.69, 9.17) is 0 Å². The van der Waals surface area contributed by atoms with E-state index >= 15 is 0 Å². The van der Waals surface area contributed by atoms with E-state index in [-0.39, 0.29) is 17.9 Å². The standard InChI is InChI=1S/C11H16O3/c1-7-3-2-4-8(5-7)9-6-10(12)14-11(9)13/h7-9H,2-6H2,1H3/t7?,8-,9-/m0/s1. The van der Waals surface area contributed by atoms with Gasteiger partial charge in [-0.2, -0.15) is 0 Å². The summed E-state index contributed by atoms with van der Waals surface area (Å²) in [6.07, 6.45) is 4.91. The fraction of sp³-hybridized carbons (Fsp3) is 0.818. The molecule has 0 bridgehead atoms. The predicted molar refractivity (Wildman–Crippen MR) is 50.3 cm³/mol.